The van der Waals surface area contributed by atoms with Crippen LogP contribution in [-0.4, -0.2) is 17.4 Å². The van der Waals surface area contributed by atoms with Crippen molar-refractivity contribution in [2.45, 2.75) is 38.8 Å². The van der Waals surface area contributed by atoms with Crippen LogP contribution in [0.1, 0.15) is 38.0 Å². The van der Waals surface area contributed by atoms with Crippen LogP contribution < -0.4 is 0 Å². The molecule has 2 aromatic rings. The van der Waals surface area contributed by atoms with Gasteiger partial charge in [0.15, 0.2) is 0 Å². The largest absolute Gasteiger partial charge is 0.433 e. The topological polar surface area (TPSA) is 55.8 Å². The summed E-state index contributed by atoms with van der Waals surface area (Å²) in [5.41, 5.74) is -0.965. The van der Waals surface area contributed by atoms with Crippen LogP contribution in [0.3, 0.4) is 0 Å². The summed E-state index contributed by atoms with van der Waals surface area (Å²) in [5.74, 6) is -0.596. The summed E-state index contributed by atoms with van der Waals surface area (Å²) in [6.45, 7) is 5.75. The summed E-state index contributed by atoms with van der Waals surface area (Å²) in [6, 6.07) is 15.6. The lowest BCUT2D eigenvalue weighted by Gasteiger charge is -2.32. The molecule has 1 aliphatic rings. The number of cyclic esters (lactones) is 1. The predicted octanol–water partition coefficient (Wildman–Crippen LogP) is 4.21. The number of esters is 1. The Kier molecular flexibility index (Phi) is 4.62. The van der Waals surface area contributed by atoms with E-state index in [4.69, 9.17) is 21.1 Å². The highest BCUT2D eigenvalue weighted by Gasteiger charge is 2.59. The van der Waals surface area contributed by atoms with Crippen molar-refractivity contribution in [1.29, 1.82) is 0 Å². The summed E-state index contributed by atoms with van der Waals surface area (Å²) in [5, 5.41) is 11.6. The van der Waals surface area contributed by atoms with Gasteiger partial charge in [0, 0.05) is 10.4 Å². The first-order chi connectivity index (χ1) is 11.7. The summed E-state index contributed by atoms with van der Waals surface area (Å²) >= 11 is 5.93. The van der Waals surface area contributed by atoms with E-state index in [1.807, 2.05) is 26.8 Å². The molecule has 4 nitrogen and oxygen atoms in total. The molecule has 0 amide bonds. The van der Waals surface area contributed by atoms with Crippen LogP contribution in [0.25, 0.3) is 0 Å². The minimum atomic E-state index is -1.62. The van der Waals surface area contributed by atoms with Gasteiger partial charge in [-0.2, -0.15) is 0 Å². The molecular weight excluding hydrogens is 340 g/mol. The van der Waals surface area contributed by atoms with Crippen LogP contribution in [0.2, 0.25) is 5.02 Å². The molecule has 0 aliphatic carbocycles. The molecule has 2 aromatic carbocycles. The Morgan fingerprint density at radius 1 is 1.08 bits per heavy atom. The van der Waals surface area contributed by atoms with E-state index in [9.17, 15) is 9.90 Å². The van der Waals surface area contributed by atoms with Gasteiger partial charge in [0.05, 0.1) is 0 Å². The number of aliphatic hydroxyl groups excluding tert-OH is 1. The van der Waals surface area contributed by atoms with Gasteiger partial charge in [0.25, 0.3) is 0 Å². The average molecular weight is 361 g/mol. The zero-order valence-corrected chi connectivity index (χ0v) is 15.2. The van der Waals surface area contributed by atoms with Crippen LogP contribution in [0.5, 0.6) is 0 Å². The molecule has 1 aliphatic heterocycles. The van der Waals surface area contributed by atoms with Gasteiger partial charge in [-0.05, 0) is 23.3 Å². The molecule has 3 rings (SSSR count). The molecule has 1 N–H and O–H groups in total. The lowest BCUT2D eigenvalue weighted by Crippen LogP contribution is -2.41. The monoisotopic (exact) mass is 360 g/mol. The first kappa shape index (κ1) is 17.9. The van der Waals surface area contributed by atoms with E-state index in [1.165, 1.54) is 0 Å². The molecule has 0 unspecified atom stereocenters. The highest BCUT2D eigenvalue weighted by Crippen LogP contribution is 2.48. The van der Waals surface area contributed by atoms with Crippen molar-refractivity contribution >= 4 is 17.6 Å². The second-order valence-corrected chi connectivity index (χ2v) is 7.71. The Labute approximate surface area is 152 Å². The molecule has 0 saturated carbocycles. The van der Waals surface area contributed by atoms with E-state index in [0.717, 1.165) is 0 Å². The van der Waals surface area contributed by atoms with Crippen molar-refractivity contribution in [2.75, 3.05) is 0 Å². The fourth-order valence-electron chi connectivity index (χ4n) is 2.86. The van der Waals surface area contributed by atoms with Gasteiger partial charge < -0.3 is 14.6 Å². The van der Waals surface area contributed by atoms with Crippen LogP contribution in [0.4, 0.5) is 0 Å². The SMILES string of the molecule is CC(C)(C)[C@@H]1OC(=O)[C@@](c2ccccc2)([C@@H](O)c2ccc(Cl)cc2)O1. The van der Waals surface area contributed by atoms with Crippen molar-refractivity contribution in [3.63, 3.8) is 0 Å². The Bertz CT molecular complexity index is 752. The van der Waals surface area contributed by atoms with Crippen molar-refractivity contribution in [1.82, 2.24) is 0 Å². The number of carbonyl (C=O) groups excluding carboxylic acids is 1. The molecule has 3 atom stereocenters. The number of hydrogen-bond donors (Lipinski definition) is 1. The van der Waals surface area contributed by atoms with E-state index < -0.39 is 29.4 Å². The number of halogens is 1. The van der Waals surface area contributed by atoms with E-state index >= 15 is 0 Å². The standard InChI is InChI=1S/C20H21ClO4/c1-19(2,3)18-24-17(23)20(25-18,14-7-5-4-6-8-14)16(22)13-9-11-15(21)12-10-13/h4-12,16,18,22H,1-3H3/t16-,18+,20+/m0/s1. The van der Waals surface area contributed by atoms with Gasteiger partial charge in [-0.1, -0.05) is 74.8 Å². The lowest BCUT2D eigenvalue weighted by molar-refractivity contribution is -0.175. The van der Waals surface area contributed by atoms with Crippen LogP contribution >= 0.6 is 11.6 Å². The third-order valence-corrected chi connectivity index (χ3v) is 4.54. The lowest BCUT2D eigenvalue weighted by atomic mass is 9.84. The molecule has 0 aromatic heterocycles. The van der Waals surface area contributed by atoms with Gasteiger partial charge >= 0.3 is 5.97 Å². The number of aliphatic hydroxyl groups is 1. The predicted molar refractivity (Wildman–Crippen MR) is 95.0 cm³/mol. The molecular formula is C20H21ClO4. The minimum Gasteiger partial charge on any atom is -0.433 e. The van der Waals surface area contributed by atoms with Crippen molar-refractivity contribution < 1.29 is 19.4 Å². The molecule has 0 radical (unpaired) electrons. The van der Waals surface area contributed by atoms with Gasteiger partial charge in [-0.3, -0.25) is 0 Å². The molecule has 132 valence electrons. The number of hydrogen-bond acceptors (Lipinski definition) is 4. The van der Waals surface area contributed by atoms with Gasteiger partial charge in [0.2, 0.25) is 11.9 Å². The van der Waals surface area contributed by atoms with Gasteiger partial charge in [-0.15, -0.1) is 0 Å². The van der Waals surface area contributed by atoms with Crippen LogP contribution in [-0.2, 0) is 19.9 Å². The van der Waals surface area contributed by atoms with Gasteiger partial charge in [0.1, 0.15) is 6.10 Å². The fourth-order valence-corrected chi connectivity index (χ4v) is 2.99. The summed E-state index contributed by atoms with van der Waals surface area (Å²) in [4.78, 5) is 12.9. The Balaban J connectivity index is 2.11. The second-order valence-electron chi connectivity index (χ2n) is 7.28. The molecule has 1 heterocycles. The maximum atomic E-state index is 12.9. The number of rotatable bonds is 3. The highest BCUT2D eigenvalue weighted by molar-refractivity contribution is 6.30. The molecule has 5 heteroatoms. The minimum absolute atomic E-state index is 0.425. The van der Waals surface area contributed by atoms with E-state index in [0.29, 0.717) is 16.1 Å². The zero-order chi connectivity index (χ0) is 18.2. The maximum absolute atomic E-state index is 12.9. The van der Waals surface area contributed by atoms with Crippen LogP contribution in [0, 0.1) is 5.41 Å². The zero-order valence-electron chi connectivity index (χ0n) is 14.4. The Morgan fingerprint density at radius 3 is 2.20 bits per heavy atom. The normalized spacial score (nSPS) is 24.8. The third kappa shape index (κ3) is 3.17. The van der Waals surface area contributed by atoms with Crippen molar-refractivity contribution in [3.8, 4) is 0 Å². The molecule has 0 bridgehead atoms. The molecule has 1 saturated heterocycles. The smallest absolute Gasteiger partial charge is 0.348 e. The first-order valence-electron chi connectivity index (χ1n) is 8.13. The fraction of sp³-hybridized carbons (Fsp3) is 0.350. The van der Waals surface area contributed by atoms with Gasteiger partial charge in [-0.25, -0.2) is 4.79 Å². The van der Waals surface area contributed by atoms with Crippen LogP contribution in [0.15, 0.2) is 54.6 Å². The number of benzene rings is 2. The summed E-state index contributed by atoms with van der Waals surface area (Å²) < 4.78 is 11.6. The Morgan fingerprint density at radius 2 is 1.68 bits per heavy atom. The summed E-state index contributed by atoms with van der Waals surface area (Å²) in [7, 11) is 0. The molecule has 25 heavy (non-hydrogen) atoms. The number of ether oxygens (including phenoxy) is 2. The third-order valence-electron chi connectivity index (χ3n) is 4.29. The van der Waals surface area contributed by atoms with E-state index in [2.05, 4.69) is 0 Å². The maximum Gasteiger partial charge on any atom is 0.348 e. The molecule has 0 spiro atoms. The quantitative estimate of drug-likeness (QED) is 0.833. The average Bonchev–Trinajstić information content (AvgIpc) is 2.94. The first-order valence-corrected chi connectivity index (χ1v) is 8.51. The van der Waals surface area contributed by atoms with Crippen molar-refractivity contribution in [2.24, 2.45) is 5.41 Å². The highest BCUT2D eigenvalue weighted by atomic mass is 35.5. The van der Waals surface area contributed by atoms with E-state index in [1.54, 1.807) is 48.5 Å². The molecule has 1 fully saturated rings. The van der Waals surface area contributed by atoms with E-state index in [-0.39, 0.29) is 0 Å². The van der Waals surface area contributed by atoms with Crippen molar-refractivity contribution in [3.05, 3.63) is 70.7 Å². The Hall–Kier alpha value is -1.88. The number of carbonyl (C=O) groups is 1. The summed E-state index contributed by atoms with van der Waals surface area (Å²) in [6.07, 6.45) is -1.99. The second kappa shape index (κ2) is 6.45.